The van der Waals surface area contributed by atoms with Gasteiger partial charge in [0.05, 0.1) is 14.2 Å². The number of hydrogen-bond donors (Lipinski definition) is 1. The van der Waals surface area contributed by atoms with Crippen molar-refractivity contribution >= 4 is 22.4 Å². The molecule has 0 bridgehead atoms. The molecular weight excluding hydrogens is 314 g/mol. The quantitative estimate of drug-likeness (QED) is 0.776. The van der Waals surface area contributed by atoms with Crippen molar-refractivity contribution in [1.82, 2.24) is 0 Å². The second-order valence-electron chi connectivity index (χ2n) is 6.17. The molecule has 0 fully saturated rings. The highest BCUT2D eigenvalue weighted by molar-refractivity contribution is 5.97. The minimum Gasteiger partial charge on any atom is -0.493 e. The van der Waals surface area contributed by atoms with E-state index in [-0.39, 0.29) is 11.8 Å². The molecule has 0 spiro atoms. The SMILES string of the molecule is COc1cc2c(cc1OC)[C@@H](c1cccc3ccccc13)CC(=O)N2. The van der Waals surface area contributed by atoms with Gasteiger partial charge in [0.15, 0.2) is 11.5 Å². The van der Waals surface area contributed by atoms with Crippen LogP contribution in [0.5, 0.6) is 11.5 Å². The molecule has 1 aliphatic rings. The largest absolute Gasteiger partial charge is 0.493 e. The molecule has 4 nitrogen and oxygen atoms in total. The zero-order chi connectivity index (χ0) is 17.4. The maximum atomic E-state index is 12.3. The van der Waals surface area contributed by atoms with Crippen molar-refractivity contribution in [1.29, 1.82) is 0 Å². The van der Waals surface area contributed by atoms with Gasteiger partial charge in [0.1, 0.15) is 0 Å². The van der Waals surface area contributed by atoms with Gasteiger partial charge in [-0.1, -0.05) is 42.5 Å². The number of carbonyl (C=O) groups excluding carboxylic acids is 1. The monoisotopic (exact) mass is 333 g/mol. The maximum absolute atomic E-state index is 12.3. The Morgan fingerprint density at radius 1 is 0.920 bits per heavy atom. The van der Waals surface area contributed by atoms with E-state index in [4.69, 9.17) is 9.47 Å². The van der Waals surface area contributed by atoms with Gasteiger partial charge in [-0.15, -0.1) is 0 Å². The fourth-order valence-electron chi connectivity index (χ4n) is 3.62. The molecule has 3 aromatic rings. The maximum Gasteiger partial charge on any atom is 0.225 e. The number of carbonyl (C=O) groups is 1. The Balaban J connectivity index is 1.93. The van der Waals surface area contributed by atoms with Crippen molar-refractivity contribution in [3.63, 3.8) is 0 Å². The van der Waals surface area contributed by atoms with Gasteiger partial charge in [-0.2, -0.15) is 0 Å². The van der Waals surface area contributed by atoms with E-state index in [1.807, 2.05) is 30.3 Å². The minimum atomic E-state index is -0.0188. The van der Waals surface area contributed by atoms with E-state index in [0.29, 0.717) is 17.9 Å². The summed E-state index contributed by atoms with van der Waals surface area (Å²) in [6, 6.07) is 18.3. The predicted molar refractivity (Wildman–Crippen MR) is 98.6 cm³/mol. The molecule has 4 rings (SSSR count). The summed E-state index contributed by atoms with van der Waals surface area (Å²) in [5, 5.41) is 5.31. The summed E-state index contributed by atoms with van der Waals surface area (Å²) in [5.74, 6) is 1.27. The highest BCUT2D eigenvalue weighted by atomic mass is 16.5. The normalized spacial score (nSPS) is 16.2. The average Bonchev–Trinajstić information content (AvgIpc) is 2.65. The number of rotatable bonds is 3. The third-order valence-corrected chi connectivity index (χ3v) is 4.79. The van der Waals surface area contributed by atoms with Crippen LogP contribution in [-0.4, -0.2) is 20.1 Å². The first-order valence-electron chi connectivity index (χ1n) is 8.24. The first-order chi connectivity index (χ1) is 12.2. The Bertz CT molecular complexity index is 959. The van der Waals surface area contributed by atoms with Crippen LogP contribution in [0.3, 0.4) is 0 Å². The molecule has 0 saturated carbocycles. The molecule has 1 N–H and O–H groups in total. The molecule has 1 aliphatic heterocycles. The summed E-state index contributed by atoms with van der Waals surface area (Å²) in [7, 11) is 3.22. The van der Waals surface area contributed by atoms with E-state index in [9.17, 15) is 4.79 Å². The number of amides is 1. The van der Waals surface area contributed by atoms with Crippen molar-refractivity contribution in [3.8, 4) is 11.5 Å². The summed E-state index contributed by atoms with van der Waals surface area (Å²) in [6.45, 7) is 0. The molecule has 1 amide bonds. The lowest BCUT2D eigenvalue weighted by Gasteiger charge is -2.28. The van der Waals surface area contributed by atoms with Gasteiger partial charge in [-0.05, 0) is 28.0 Å². The lowest BCUT2D eigenvalue weighted by Crippen LogP contribution is -2.23. The van der Waals surface area contributed by atoms with Crippen molar-refractivity contribution in [2.45, 2.75) is 12.3 Å². The number of benzene rings is 3. The molecule has 1 atom stereocenters. The van der Waals surface area contributed by atoms with Crippen LogP contribution in [0, 0.1) is 0 Å². The van der Waals surface area contributed by atoms with Crippen molar-refractivity contribution in [3.05, 3.63) is 65.7 Å². The van der Waals surface area contributed by atoms with Gasteiger partial charge in [0.25, 0.3) is 0 Å². The number of anilines is 1. The predicted octanol–water partition coefficient (Wildman–Crippen LogP) is 4.33. The first-order valence-corrected chi connectivity index (χ1v) is 8.24. The highest BCUT2D eigenvalue weighted by Crippen LogP contribution is 2.44. The Morgan fingerprint density at radius 2 is 1.64 bits per heavy atom. The molecule has 25 heavy (non-hydrogen) atoms. The highest BCUT2D eigenvalue weighted by Gasteiger charge is 2.29. The van der Waals surface area contributed by atoms with Crippen LogP contribution < -0.4 is 14.8 Å². The lowest BCUT2D eigenvalue weighted by molar-refractivity contribution is -0.116. The summed E-state index contributed by atoms with van der Waals surface area (Å²) >= 11 is 0. The molecular formula is C21H19NO3. The molecule has 0 aliphatic carbocycles. The van der Waals surface area contributed by atoms with E-state index in [2.05, 4.69) is 29.6 Å². The Hall–Kier alpha value is -3.01. The molecule has 0 aromatic heterocycles. The summed E-state index contributed by atoms with van der Waals surface area (Å²) in [5.41, 5.74) is 2.99. The fourth-order valence-corrected chi connectivity index (χ4v) is 3.62. The molecule has 0 radical (unpaired) electrons. The van der Waals surface area contributed by atoms with Gasteiger partial charge >= 0.3 is 0 Å². The number of nitrogens with one attached hydrogen (secondary N) is 1. The van der Waals surface area contributed by atoms with Crippen LogP contribution in [0.2, 0.25) is 0 Å². The summed E-state index contributed by atoms with van der Waals surface area (Å²) in [4.78, 5) is 12.3. The zero-order valence-corrected chi connectivity index (χ0v) is 14.2. The van der Waals surface area contributed by atoms with Crippen LogP contribution >= 0.6 is 0 Å². The van der Waals surface area contributed by atoms with Crippen LogP contribution in [-0.2, 0) is 4.79 Å². The van der Waals surface area contributed by atoms with Crippen molar-refractivity contribution < 1.29 is 14.3 Å². The van der Waals surface area contributed by atoms with E-state index >= 15 is 0 Å². The number of ether oxygens (including phenoxy) is 2. The first kappa shape index (κ1) is 15.5. The number of fused-ring (bicyclic) bond motifs is 2. The van der Waals surface area contributed by atoms with Gasteiger partial charge < -0.3 is 14.8 Å². The van der Waals surface area contributed by atoms with Crippen molar-refractivity contribution in [2.75, 3.05) is 19.5 Å². The fraction of sp³-hybridized carbons (Fsp3) is 0.190. The van der Waals surface area contributed by atoms with Crippen LogP contribution in [0.1, 0.15) is 23.5 Å². The van der Waals surface area contributed by atoms with Crippen LogP contribution in [0.15, 0.2) is 54.6 Å². The smallest absolute Gasteiger partial charge is 0.225 e. The Labute approximate surface area is 146 Å². The van der Waals surface area contributed by atoms with Crippen LogP contribution in [0.25, 0.3) is 10.8 Å². The number of hydrogen-bond acceptors (Lipinski definition) is 3. The van der Waals surface area contributed by atoms with Gasteiger partial charge in [0.2, 0.25) is 5.91 Å². The molecule has 126 valence electrons. The van der Waals surface area contributed by atoms with Gasteiger partial charge in [-0.3, -0.25) is 4.79 Å². The van der Waals surface area contributed by atoms with E-state index in [1.54, 1.807) is 14.2 Å². The minimum absolute atomic E-state index is 0.0117. The second-order valence-corrected chi connectivity index (χ2v) is 6.17. The Kier molecular flexibility index (Phi) is 3.80. The van der Waals surface area contributed by atoms with Crippen molar-refractivity contribution in [2.24, 2.45) is 0 Å². The second kappa shape index (κ2) is 6.13. The molecule has 0 unspecified atom stereocenters. The number of methoxy groups -OCH3 is 2. The van der Waals surface area contributed by atoms with Crippen LogP contribution in [0.4, 0.5) is 5.69 Å². The van der Waals surface area contributed by atoms with Gasteiger partial charge in [0, 0.05) is 24.1 Å². The van der Waals surface area contributed by atoms with E-state index in [1.165, 1.54) is 10.8 Å². The summed E-state index contributed by atoms with van der Waals surface area (Å²) < 4.78 is 10.8. The topological polar surface area (TPSA) is 47.6 Å². The lowest BCUT2D eigenvalue weighted by atomic mass is 9.82. The Morgan fingerprint density at radius 3 is 2.44 bits per heavy atom. The van der Waals surface area contributed by atoms with Gasteiger partial charge in [-0.25, -0.2) is 0 Å². The average molecular weight is 333 g/mol. The molecule has 1 heterocycles. The van der Waals surface area contributed by atoms with E-state index in [0.717, 1.165) is 16.8 Å². The third kappa shape index (κ3) is 2.60. The summed E-state index contributed by atoms with van der Waals surface area (Å²) in [6.07, 6.45) is 0.413. The van der Waals surface area contributed by atoms with E-state index < -0.39 is 0 Å². The zero-order valence-electron chi connectivity index (χ0n) is 14.2. The third-order valence-electron chi connectivity index (χ3n) is 4.79. The molecule has 0 saturated heterocycles. The molecule has 4 heteroatoms. The molecule has 3 aromatic carbocycles. The standard InChI is InChI=1S/C21H19NO3/c1-24-19-10-17-16(11-21(23)22-18(17)12-20(19)25-2)15-9-5-7-13-6-3-4-8-14(13)15/h3-10,12,16H,11H2,1-2H3,(H,22,23)/t16-/m1/s1.